The molecule has 2 aromatic heterocycles. The van der Waals surface area contributed by atoms with Crippen molar-refractivity contribution in [2.45, 2.75) is 38.6 Å². The van der Waals surface area contributed by atoms with Crippen molar-refractivity contribution in [2.75, 3.05) is 13.1 Å². The summed E-state index contributed by atoms with van der Waals surface area (Å²) in [7, 11) is 0. The molecule has 25 heavy (non-hydrogen) atoms. The second-order valence-corrected chi connectivity index (χ2v) is 6.84. The van der Waals surface area contributed by atoms with E-state index in [4.69, 9.17) is 4.52 Å². The van der Waals surface area contributed by atoms with E-state index in [1.54, 1.807) is 0 Å². The molecule has 3 aromatic rings. The highest BCUT2D eigenvalue weighted by atomic mass is 19.1. The lowest BCUT2D eigenvalue weighted by Gasteiger charge is -2.23. The first-order valence-corrected chi connectivity index (χ1v) is 8.75. The van der Waals surface area contributed by atoms with Crippen LogP contribution in [-0.4, -0.2) is 40.3 Å². The van der Waals surface area contributed by atoms with Crippen LogP contribution in [0.1, 0.15) is 23.4 Å². The predicted octanol–water partition coefficient (Wildman–Crippen LogP) is 3.17. The summed E-state index contributed by atoms with van der Waals surface area (Å²) in [5, 5.41) is 8.65. The Kier molecular flexibility index (Phi) is 4.55. The predicted molar refractivity (Wildman–Crippen MR) is 95.0 cm³/mol. The fourth-order valence-electron chi connectivity index (χ4n) is 3.70. The number of aromatic nitrogens is 2. The van der Waals surface area contributed by atoms with Crippen LogP contribution in [0, 0.1) is 6.92 Å². The number of aromatic amines is 1. The quantitative estimate of drug-likeness (QED) is 0.722. The number of nitrogens with one attached hydrogen (secondary N) is 2. The normalized spacial score (nSPS) is 21.4. The molecule has 0 aliphatic carbocycles. The minimum absolute atomic E-state index is 0.172. The van der Waals surface area contributed by atoms with E-state index in [2.05, 4.69) is 44.6 Å². The molecule has 3 heterocycles. The molecule has 0 saturated carbocycles. The number of likely N-dealkylation sites (tertiary alicyclic amines) is 1. The van der Waals surface area contributed by atoms with Crippen molar-refractivity contribution in [1.82, 2.24) is 20.4 Å². The van der Waals surface area contributed by atoms with Crippen LogP contribution in [0.25, 0.3) is 10.9 Å². The third-order valence-corrected chi connectivity index (χ3v) is 4.89. The van der Waals surface area contributed by atoms with E-state index in [-0.39, 0.29) is 6.04 Å². The zero-order chi connectivity index (χ0) is 17.2. The molecule has 2 atom stereocenters. The highest BCUT2D eigenvalue weighted by Crippen LogP contribution is 2.23. The SMILES string of the molecule is Cc1cc(CN2C[C@@H](F)C[C@H]2CNCc2cccc3[nH]ccc23)on1. The molecule has 0 spiro atoms. The molecule has 5 nitrogen and oxygen atoms in total. The third kappa shape index (κ3) is 3.60. The molecule has 1 aromatic carbocycles. The van der Waals surface area contributed by atoms with E-state index in [1.165, 1.54) is 10.9 Å². The summed E-state index contributed by atoms with van der Waals surface area (Å²) in [6.45, 7) is 4.50. The van der Waals surface area contributed by atoms with Crippen molar-refractivity contribution in [1.29, 1.82) is 0 Å². The lowest BCUT2D eigenvalue weighted by atomic mass is 10.1. The Hall–Kier alpha value is -2.18. The second-order valence-electron chi connectivity index (χ2n) is 6.84. The zero-order valence-electron chi connectivity index (χ0n) is 14.3. The number of rotatable bonds is 6. The third-order valence-electron chi connectivity index (χ3n) is 4.89. The van der Waals surface area contributed by atoms with E-state index < -0.39 is 6.17 Å². The van der Waals surface area contributed by atoms with Crippen molar-refractivity contribution in [3.63, 3.8) is 0 Å². The number of hydrogen-bond acceptors (Lipinski definition) is 4. The van der Waals surface area contributed by atoms with E-state index >= 15 is 0 Å². The maximum Gasteiger partial charge on any atom is 0.150 e. The summed E-state index contributed by atoms with van der Waals surface area (Å²) in [6, 6.07) is 10.4. The Balaban J connectivity index is 1.36. The molecule has 2 N–H and O–H groups in total. The summed E-state index contributed by atoms with van der Waals surface area (Å²) in [4.78, 5) is 5.38. The van der Waals surface area contributed by atoms with Crippen LogP contribution in [0.2, 0.25) is 0 Å². The van der Waals surface area contributed by atoms with Crippen LogP contribution in [-0.2, 0) is 13.1 Å². The average Bonchev–Trinajstić information content (AvgIpc) is 3.29. The molecule has 1 saturated heterocycles. The Bertz CT molecular complexity index is 843. The fraction of sp³-hybridized carbons (Fsp3) is 0.421. The van der Waals surface area contributed by atoms with Gasteiger partial charge in [-0.2, -0.15) is 0 Å². The van der Waals surface area contributed by atoms with Gasteiger partial charge in [-0.25, -0.2) is 4.39 Å². The number of fused-ring (bicyclic) bond motifs is 1. The van der Waals surface area contributed by atoms with E-state index in [1.807, 2.05) is 19.2 Å². The molecule has 0 amide bonds. The van der Waals surface area contributed by atoms with Gasteiger partial charge < -0.3 is 14.8 Å². The lowest BCUT2D eigenvalue weighted by molar-refractivity contribution is 0.204. The number of alkyl halides is 1. The zero-order valence-corrected chi connectivity index (χ0v) is 14.3. The van der Waals surface area contributed by atoms with Gasteiger partial charge in [-0.05, 0) is 31.0 Å². The fourth-order valence-corrected chi connectivity index (χ4v) is 3.70. The highest BCUT2D eigenvalue weighted by molar-refractivity contribution is 5.82. The topological polar surface area (TPSA) is 57.1 Å². The molecule has 6 heteroatoms. The first-order chi connectivity index (χ1) is 12.2. The summed E-state index contributed by atoms with van der Waals surface area (Å²) in [5.41, 5.74) is 3.26. The molecule has 1 aliphatic rings. The van der Waals surface area contributed by atoms with Crippen LogP contribution in [0.4, 0.5) is 4.39 Å². The number of halogens is 1. The average molecular weight is 342 g/mol. The van der Waals surface area contributed by atoms with Crippen molar-refractivity contribution in [3.05, 3.63) is 53.5 Å². The Labute approximate surface area is 146 Å². The number of H-pyrrole nitrogens is 1. The van der Waals surface area contributed by atoms with E-state index in [9.17, 15) is 4.39 Å². The van der Waals surface area contributed by atoms with Crippen molar-refractivity contribution in [2.24, 2.45) is 0 Å². The first-order valence-electron chi connectivity index (χ1n) is 8.75. The van der Waals surface area contributed by atoms with Crippen LogP contribution < -0.4 is 5.32 Å². The molecule has 0 radical (unpaired) electrons. The maximum atomic E-state index is 13.9. The van der Waals surface area contributed by atoms with Gasteiger partial charge in [-0.15, -0.1) is 0 Å². The molecule has 4 rings (SSSR count). The minimum atomic E-state index is -0.774. The summed E-state index contributed by atoms with van der Waals surface area (Å²) in [5.74, 6) is 0.800. The molecule has 1 aliphatic heterocycles. The van der Waals surface area contributed by atoms with Gasteiger partial charge >= 0.3 is 0 Å². The molecule has 0 bridgehead atoms. The highest BCUT2D eigenvalue weighted by Gasteiger charge is 2.32. The van der Waals surface area contributed by atoms with Gasteiger partial charge in [0, 0.05) is 48.8 Å². The van der Waals surface area contributed by atoms with Gasteiger partial charge in [0.05, 0.1) is 12.2 Å². The van der Waals surface area contributed by atoms with Gasteiger partial charge in [-0.1, -0.05) is 17.3 Å². The molecule has 1 fully saturated rings. The van der Waals surface area contributed by atoms with Crippen LogP contribution in [0.3, 0.4) is 0 Å². The van der Waals surface area contributed by atoms with Crippen LogP contribution in [0.15, 0.2) is 41.1 Å². The van der Waals surface area contributed by atoms with Crippen LogP contribution >= 0.6 is 0 Å². The molecule has 0 unspecified atom stereocenters. The number of aryl methyl sites for hydroxylation is 1. The van der Waals surface area contributed by atoms with E-state index in [0.717, 1.165) is 30.1 Å². The van der Waals surface area contributed by atoms with Crippen LogP contribution in [0.5, 0.6) is 0 Å². The van der Waals surface area contributed by atoms with Gasteiger partial charge in [0.2, 0.25) is 0 Å². The summed E-state index contributed by atoms with van der Waals surface area (Å²) >= 11 is 0. The number of hydrogen-bond donors (Lipinski definition) is 2. The Morgan fingerprint density at radius 3 is 3.16 bits per heavy atom. The first kappa shape index (κ1) is 16.3. The van der Waals surface area contributed by atoms with Crippen molar-refractivity contribution >= 4 is 10.9 Å². The van der Waals surface area contributed by atoms with Gasteiger partial charge in [0.25, 0.3) is 0 Å². The van der Waals surface area contributed by atoms with Gasteiger partial charge in [0.1, 0.15) is 6.17 Å². The van der Waals surface area contributed by atoms with E-state index in [0.29, 0.717) is 19.5 Å². The smallest absolute Gasteiger partial charge is 0.150 e. The summed E-state index contributed by atoms with van der Waals surface area (Å²) in [6.07, 6.45) is 1.75. The lowest BCUT2D eigenvalue weighted by Crippen LogP contribution is -2.37. The minimum Gasteiger partial charge on any atom is -0.361 e. The largest absolute Gasteiger partial charge is 0.361 e. The second kappa shape index (κ2) is 6.98. The summed E-state index contributed by atoms with van der Waals surface area (Å²) < 4.78 is 19.2. The standard InChI is InChI=1S/C19H23FN4O/c1-13-7-17(25-23-13)12-24-11-15(20)8-16(24)10-21-9-14-3-2-4-19-18(14)5-6-22-19/h2-7,15-16,21-22H,8-12H2,1H3/t15-,16-/m0/s1. The molecular formula is C19H23FN4O. The van der Waals surface area contributed by atoms with Crippen molar-refractivity contribution in [3.8, 4) is 0 Å². The van der Waals surface area contributed by atoms with Gasteiger partial charge in [0.15, 0.2) is 5.76 Å². The number of benzene rings is 1. The van der Waals surface area contributed by atoms with Gasteiger partial charge in [-0.3, -0.25) is 4.90 Å². The number of nitrogens with zero attached hydrogens (tertiary/aromatic N) is 2. The Morgan fingerprint density at radius 1 is 1.40 bits per heavy atom. The van der Waals surface area contributed by atoms with Crippen molar-refractivity contribution < 1.29 is 8.91 Å². The molecular weight excluding hydrogens is 319 g/mol. The monoisotopic (exact) mass is 342 g/mol. The maximum absolute atomic E-state index is 13.9. The molecule has 132 valence electrons. The Morgan fingerprint density at radius 2 is 2.32 bits per heavy atom.